The van der Waals surface area contributed by atoms with Gasteiger partial charge in [-0.2, -0.15) is 5.26 Å². The first-order valence-corrected chi connectivity index (χ1v) is 12.3. The number of nitriles is 1. The van der Waals surface area contributed by atoms with Crippen molar-refractivity contribution in [3.05, 3.63) is 71.1 Å². The Balaban J connectivity index is 1.28. The van der Waals surface area contributed by atoms with Crippen molar-refractivity contribution in [2.75, 3.05) is 37.0 Å². The second-order valence-electron chi connectivity index (χ2n) is 9.27. The Labute approximate surface area is 207 Å². The fourth-order valence-electron chi connectivity index (χ4n) is 4.84. The fourth-order valence-corrected chi connectivity index (χ4v) is 4.84. The van der Waals surface area contributed by atoms with Gasteiger partial charge in [-0.3, -0.25) is 14.5 Å². The smallest absolute Gasteiger partial charge is 0.220 e. The lowest BCUT2D eigenvalue weighted by molar-refractivity contribution is -0.124. The standard InChI is InChI=1S/C28H33N5O2/c1-31-24-8-4-5-9-25(24)32(2)28(31)23(18-29)26(34)14-15-27(35)30-19-21-10-12-22(13-11-21)20-33-16-6-3-7-17-33/h4-5,8-13H,3,6-7,14-17,19-20H2,1-2H3,(H,30,35). The second kappa shape index (κ2) is 11.2. The van der Waals surface area contributed by atoms with E-state index >= 15 is 0 Å². The molecule has 0 spiro atoms. The molecular weight excluding hydrogens is 438 g/mol. The molecule has 0 radical (unpaired) electrons. The van der Waals surface area contributed by atoms with Gasteiger partial charge in [0.15, 0.2) is 5.78 Å². The lowest BCUT2D eigenvalue weighted by Gasteiger charge is -2.26. The number of anilines is 2. The van der Waals surface area contributed by atoms with E-state index in [9.17, 15) is 14.9 Å². The molecular formula is C28H33N5O2. The Morgan fingerprint density at radius 1 is 0.886 bits per heavy atom. The molecule has 7 nitrogen and oxygen atoms in total. The van der Waals surface area contributed by atoms with Gasteiger partial charge < -0.3 is 15.1 Å². The third kappa shape index (κ3) is 5.72. The molecule has 35 heavy (non-hydrogen) atoms. The maximum absolute atomic E-state index is 12.9. The highest BCUT2D eigenvalue weighted by molar-refractivity contribution is 6.03. The van der Waals surface area contributed by atoms with Gasteiger partial charge in [-0.25, -0.2) is 0 Å². The van der Waals surface area contributed by atoms with Gasteiger partial charge in [-0.05, 0) is 49.2 Å². The van der Waals surface area contributed by atoms with Crippen molar-refractivity contribution in [2.45, 2.75) is 45.2 Å². The lowest BCUT2D eigenvalue weighted by Crippen LogP contribution is -2.29. The van der Waals surface area contributed by atoms with E-state index in [2.05, 4.69) is 28.4 Å². The Bertz CT molecular complexity index is 1110. The minimum absolute atomic E-state index is 0.00890. The van der Waals surface area contributed by atoms with E-state index in [1.807, 2.05) is 60.3 Å². The first-order chi connectivity index (χ1) is 17.0. The number of amides is 1. The van der Waals surface area contributed by atoms with Crippen LogP contribution in [-0.2, 0) is 22.7 Å². The normalized spacial score (nSPS) is 15.5. The van der Waals surface area contributed by atoms with Crippen molar-refractivity contribution >= 4 is 23.1 Å². The molecule has 1 saturated heterocycles. The molecule has 1 amide bonds. The van der Waals surface area contributed by atoms with Gasteiger partial charge in [0.25, 0.3) is 0 Å². The van der Waals surface area contributed by atoms with Crippen LogP contribution in [0.1, 0.15) is 43.2 Å². The quantitative estimate of drug-likeness (QED) is 0.464. The van der Waals surface area contributed by atoms with Crippen LogP contribution in [-0.4, -0.2) is 43.8 Å². The predicted octanol–water partition coefficient (Wildman–Crippen LogP) is 3.96. The summed E-state index contributed by atoms with van der Waals surface area (Å²) in [6.07, 6.45) is 3.93. The second-order valence-corrected chi connectivity index (χ2v) is 9.27. The van der Waals surface area contributed by atoms with Crippen molar-refractivity contribution in [3.63, 3.8) is 0 Å². The zero-order valence-electron chi connectivity index (χ0n) is 20.6. The van der Waals surface area contributed by atoms with Gasteiger partial charge in [0.05, 0.1) is 11.4 Å². The van der Waals surface area contributed by atoms with Gasteiger partial charge in [-0.1, -0.05) is 42.8 Å². The van der Waals surface area contributed by atoms with Gasteiger partial charge in [0.2, 0.25) is 5.91 Å². The Morgan fingerprint density at radius 3 is 2.09 bits per heavy atom. The number of nitrogens with zero attached hydrogens (tertiary/aromatic N) is 4. The number of hydrogen-bond acceptors (Lipinski definition) is 6. The highest BCUT2D eigenvalue weighted by Crippen LogP contribution is 2.40. The monoisotopic (exact) mass is 471 g/mol. The molecule has 2 aromatic rings. The van der Waals surface area contributed by atoms with Crippen LogP contribution in [0.5, 0.6) is 0 Å². The van der Waals surface area contributed by atoms with Crippen molar-refractivity contribution < 1.29 is 9.59 Å². The van der Waals surface area contributed by atoms with Gasteiger partial charge in [0.1, 0.15) is 17.5 Å². The Hall–Kier alpha value is -3.63. The molecule has 7 heteroatoms. The molecule has 2 heterocycles. The molecule has 2 aliphatic heterocycles. The topological polar surface area (TPSA) is 79.7 Å². The summed E-state index contributed by atoms with van der Waals surface area (Å²) < 4.78 is 0. The zero-order chi connectivity index (χ0) is 24.8. The average molecular weight is 472 g/mol. The summed E-state index contributed by atoms with van der Waals surface area (Å²) in [5, 5.41) is 12.6. The molecule has 4 rings (SSSR count). The summed E-state index contributed by atoms with van der Waals surface area (Å²) in [6, 6.07) is 18.2. The van der Waals surface area contributed by atoms with E-state index in [4.69, 9.17) is 0 Å². The van der Waals surface area contributed by atoms with Crippen molar-refractivity contribution in [3.8, 4) is 6.07 Å². The lowest BCUT2D eigenvalue weighted by atomic mass is 10.1. The summed E-state index contributed by atoms with van der Waals surface area (Å²) in [4.78, 5) is 31.4. The van der Waals surface area contributed by atoms with Crippen LogP contribution >= 0.6 is 0 Å². The van der Waals surface area contributed by atoms with Crippen LogP contribution in [0.4, 0.5) is 11.4 Å². The third-order valence-corrected chi connectivity index (χ3v) is 6.80. The Kier molecular flexibility index (Phi) is 7.84. The number of ketones is 1. The number of rotatable bonds is 8. The minimum Gasteiger partial charge on any atom is -0.352 e. The molecule has 2 aliphatic rings. The first kappa shape index (κ1) is 24.5. The number of carbonyl (C=O) groups excluding carboxylic acids is 2. The van der Waals surface area contributed by atoms with E-state index in [1.165, 1.54) is 37.9 Å². The summed E-state index contributed by atoms with van der Waals surface area (Å²) >= 11 is 0. The van der Waals surface area contributed by atoms with Crippen LogP contribution in [0.15, 0.2) is 59.9 Å². The third-order valence-electron chi connectivity index (χ3n) is 6.80. The van der Waals surface area contributed by atoms with Crippen LogP contribution in [0, 0.1) is 11.3 Å². The summed E-state index contributed by atoms with van der Waals surface area (Å²) in [5.74, 6) is 0.0180. The van der Waals surface area contributed by atoms with Crippen LogP contribution in [0.25, 0.3) is 0 Å². The number of allylic oxidation sites excluding steroid dienone is 1. The molecule has 2 aromatic carbocycles. The first-order valence-electron chi connectivity index (χ1n) is 12.3. The SMILES string of the molecule is CN1C(=C(C#N)C(=O)CCC(=O)NCc2ccc(CN3CCCCC3)cc2)N(C)c2ccccc21. The molecule has 0 aliphatic carbocycles. The number of fused-ring (bicyclic) bond motifs is 1. The highest BCUT2D eigenvalue weighted by atomic mass is 16.2. The van der Waals surface area contributed by atoms with Crippen LogP contribution in [0.2, 0.25) is 0 Å². The molecule has 0 aromatic heterocycles. The molecule has 0 bridgehead atoms. The van der Waals surface area contributed by atoms with Gasteiger partial charge in [-0.15, -0.1) is 0 Å². The number of benzene rings is 2. The summed E-state index contributed by atoms with van der Waals surface area (Å²) in [5.41, 5.74) is 4.26. The van der Waals surface area contributed by atoms with E-state index < -0.39 is 0 Å². The number of para-hydroxylation sites is 2. The van der Waals surface area contributed by atoms with E-state index in [0.29, 0.717) is 12.4 Å². The fraction of sp³-hybridized carbons (Fsp3) is 0.393. The van der Waals surface area contributed by atoms with Crippen molar-refractivity contribution in [1.29, 1.82) is 5.26 Å². The molecule has 1 N–H and O–H groups in total. The van der Waals surface area contributed by atoms with E-state index in [0.717, 1.165) is 23.5 Å². The summed E-state index contributed by atoms with van der Waals surface area (Å²) in [6.45, 7) is 3.73. The molecule has 1 fully saturated rings. The molecule has 0 unspecified atom stereocenters. The predicted molar refractivity (Wildman–Crippen MR) is 138 cm³/mol. The molecule has 182 valence electrons. The highest BCUT2D eigenvalue weighted by Gasteiger charge is 2.31. The largest absolute Gasteiger partial charge is 0.352 e. The van der Waals surface area contributed by atoms with E-state index in [-0.39, 0.29) is 30.1 Å². The maximum Gasteiger partial charge on any atom is 0.220 e. The number of likely N-dealkylation sites (tertiary alicyclic amines) is 1. The van der Waals surface area contributed by atoms with Gasteiger partial charge >= 0.3 is 0 Å². The Morgan fingerprint density at radius 2 is 1.49 bits per heavy atom. The number of Topliss-reactive ketones (excluding diaryl/α,β-unsaturated/α-hetero) is 1. The maximum atomic E-state index is 12.9. The zero-order valence-corrected chi connectivity index (χ0v) is 20.6. The number of carbonyl (C=O) groups is 2. The number of hydrogen-bond donors (Lipinski definition) is 1. The number of piperidine rings is 1. The van der Waals surface area contributed by atoms with Crippen molar-refractivity contribution in [2.24, 2.45) is 0 Å². The van der Waals surface area contributed by atoms with Crippen LogP contribution < -0.4 is 15.1 Å². The number of nitrogens with one attached hydrogen (secondary N) is 1. The molecule has 0 atom stereocenters. The average Bonchev–Trinajstić information content (AvgIpc) is 3.13. The summed E-state index contributed by atoms with van der Waals surface area (Å²) in [7, 11) is 3.68. The van der Waals surface area contributed by atoms with Crippen LogP contribution in [0.3, 0.4) is 0 Å². The van der Waals surface area contributed by atoms with Gasteiger partial charge in [0, 0.05) is 40.0 Å². The van der Waals surface area contributed by atoms with Crippen molar-refractivity contribution in [1.82, 2.24) is 10.2 Å². The molecule has 0 saturated carbocycles. The minimum atomic E-state index is -0.328. The van der Waals surface area contributed by atoms with E-state index in [1.54, 1.807) is 0 Å².